The predicted molar refractivity (Wildman–Crippen MR) is 69.2 cm³/mol. The van der Waals surface area contributed by atoms with Gasteiger partial charge in [-0.05, 0) is 36.3 Å². The number of aromatic nitrogens is 1. The standard InChI is InChI=1S/C15H13NO/c1-12(17)15(14-5-3-2-4-6-14)11-13-7-9-16-10-8-13/h2-11H,1H3/b15-11-. The van der Waals surface area contributed by atoms with Crippen molar-refractivity contribution in [3.63, 3.8) is 0 Å². The first kappa shape index (κ1) is 11.3. The highest BCUT2D eigenvalue weighted by Crippen LogP contribution is 2.18. The molecule has 0 radical (unpaired) electrons. The van der Waals surface area contributed by atoms with Crippen LogP contribution in [-0.4, -0.2) is 10.8 Å². The second-order valence-corrected chi connectivity index (χ2v) is 3.76. The molecule has 2 nitrogen and oxygen atoms in total. The molecule has 0 bridgehead atoms. The van der Waals surface area contributed by atoms with Crippen molar-refractivity contribution in [1.29, 1.82) is 0 Å². The van der Waals surface area contributed by atoms with E-state index >= 15 is 0 Å². The van der Waals surface area contributed by atoms with Gasteiger partial charge in [-0.3, -0.25) is 9.78 Å². The summed E-state index contributed by atoms with van der Waals surface area (Å²) in [5.41, 5.74) is 2.64. The Kier molecular flexibility index (Phi) is 3.46. The van der Waals surface area contributed by atoms with E-state index in [1.54, 1.807) is 19.3 Å². The van der Waals surface area contributed by atoms with Gasteiger partial charge in [0.25, 0.3) is 0 Å². The SMILES string of the molecule is CC(=O)/C(=C/c1ccncc1)c1ccccc1. The second kappa shape index (κ2) is 5.21. The molecule has 1 aromatic carbocycles. The summed E-state index contributed by atoms with van der Waals surface area (Å²) >= 11 is 0. The van der Waals surface area contributed by atoms with Crippen molar-refractivity contribution < 1.29 is 4.79 Å². The molecule has 1 aromatic heterocycles. The summed E-state index contributed by atoms with van der Waals surface area (Å²) in [6, 6.07) is 13.4. The van der Waals surface area contributed by atoms with Crippen LogP contribution in [0.2, 0.25) is 0 Å². The van der Waals surface area contributed by atoms with E-state index in [2.05, 4.69) is 4.98 Å². The van der Waals surface area contributed by atoms with E-state index < -0.39 is 0 Å². The summed E-state index contributed by atoms with van der Waals surface area (Å²) in [6.45, 7) is 1.58. The van der Waals surface area contributed by atoms with Crippen LogP contribution in [-0.2, 0) is 4.79 Å². The van der Waals surface area contributed by atoms with E-state index in [0.29, 0.717) is 0 Å². The molecule has 0 saturated heterocycles. The van der Waals surface area contributed by atoms with Crippen molar-refractivity contribution in [3.05, 3.63) is 66.0 Å². The van der Waals surface area contributed by atoms with Gasteiger partial charge >= 0.3 is 0 Å². The zero-order valence-electron chi connectivity index (χ0n) is 9.63. The average Bonchev–Trinajstić information content (AvgIpc) is 2.38. The number of rotatable bonds is 3. The molecule has 0 saturated carbocycles. The van der Waals surface area contributed by atoms with Crippen molar-refractivity contribution in [2.75, 3.05) is 0 Å². The summed E-state index contributed by atoms with van der Waals surface area (Å²) in [5.74, 6) is 0.0630. The van der Waals surface area contributed by atoms with Crippen LogP contribution in [0.1, 0.15) is 18.1 Å². The van der Waals surface area contributed by atoms with E-state index in [1.807, 2.05) is 48.5 Å². The average molecular weight is 223 g/mol. The molecule has 0 amide bonds. The Morgan fingerprint density at radius 3 is 2.29 bits per heavy atom. The minimum Gasteiger partial charge on any atom is -0.294 e. The summed E-state index contributed by atoms with van der Waals surface area (Å²) in [4.78, 5) is 15.6. The number of nitrogens with zero attached hydrogens (tertiary/aromatic N) is 1. The summed E-state index contributed by atoms with van der Waals surface area (Å²) in [7, 11) is 0. The second-order valence-electron chi connectivity index (χ2n) is 3.76. The van der Waals surface area contributed by atoms with E-state index in [0.717, 1.165) is 16.7 Å². The van der Waals surface area contributed by atoms with Gasteiger partial charge in [-0.1, -0.05) is 30.3 Å². The van der Waals surface area contributed by atoms with Crippen LogP contribution in [0.3, 0.4) is 0 Å². The van der Waals surface area contributed by atoms with Gasteiger partial charge in [0, 0.05) is 18.0 Å². The number of hydrogen-bond acceptors (Lipinski definition) is 2. The fourth-order valence-corrected chi connectivity index (χ4v) is 1.63. The molecule has 84 valence electrons. The van der Waals surface area contributed by atoms with Crippen LogP contribution in [0, 0.1) is 0 Å². The number of allylic oxidation sites excluding steroid dienone is 1. The molecule has 2 rings (SSSR count). The van der Waals surface area contributed by atoms with Gasteiger partial charge in [0.05, 0.1) is 0 Å². The van der Waals surface area contributed by atoms with Gasteiger partial charge in [0.1, 0.15) is 0 Å². The molecule has 0 spiro atoms. The first-order valence-electron chi connectivity index (χ1n) is 5.45. The van der Waals surface area contributed by atoms with E-state index in [9.17, 15) is 4.79 Å². The van der Waals surface area contributed by atoms with E-state index in [4.69, 9.17) is 0 Å². The Labute approximate surface area is 101 Å². The zero-order chi connectivity index (χ0) is 12.1. The van der Waals surface area contributed by atoms with Gasteiger partial charge in [0.15, 0.2) is 5.78 Å². The van der Waals surface area contributed by atoms with Crippen molar-refractivity contribution in [1.82, 2.24) is 4.98 Å². The van der Waals surface area contributed by atoms with Crippen LogP contribution >= 0.6 is 0 Å². The maximum atomic E-state index is 11.7. The Hall–Kier alpha value is -2.22. The Morgan fingerprint density at radius 2 is 1.71 bits per heavy atom. The number of pyridine rings is 1. The fraction of sp³-hybridized carbons (Fsp3) is 0.0667. The number of Topliss-reactive ketones (excluding diaryl/α,β-unsaturated/α-hetero) is 1. The Bertz CT molecular complexity index is 529. The topological polar surface area (TPSA) is 30.0 Å². The number of benzene rings is 1. The van der Waals surface area contributed by atoms with Gasteiger partial charge in [-0.2, -0.15) is 0 Å². The molecule has 0 fully saturated rings. The maximum absolute atomic E-state index is 11.7. The lowest BCUT2D eigenvalue weighted by Gasteiger charge is -2.03. The molecule has 0 aliphatic heterocycles. The van der Waals surface area contributed by atoms with Crippen LogP contribution in [0.5, 0.6) is 0 Å². The lowest BCUT2D eigenvalue weighted by Crippen LogP contribution is -1.95. The molecule has 2 heteroatoms. The molecule has 17 heavy (non-hydrogen) atoms. The monoisotopic (exact) mass is 223 g/mol. The Morgan fingerprint density at radius 1 is 1.06 bits per heavy atom. The third-order valence-corrected chi connectivity index (χ3v) is 2.48. The van der Waals surface area contributed by atoms with Gasteiger partial charge in [-0.25, -0.2) is 0 Å². The van der Waals surface area contributed by atoms with Crippen LogP contribution < -0.4 is 0 Å². The third-order valence-electron chi connectivity index (χ3n) is 2.48. The van der Waals surface area contributed by atoms with Crippen molar-refractivity contribution in [2.24, 2.45) is 0 Å². The molecule has 0 aliphatic carbocycles. The van der Waals surface area contributed by atoms with Crippen LogP contribution in [0.25, 0.3) is 11.6 Å². The molecule has 0 N–H and O–H groups in total. The quantitative estimate of drug-likeness (QED) is 0.748. The van der Waals surface area contributed by atoms with Crippen molar-refractivity contribution in [2.45, 2.75) is 6.92 Å². The number of carbonyl (C=O) groups excluding carboxylic acids is 1. The molecular formula is C15H13NO. The smallest absolute Gasteiger partial charge is 0.160 e. The number of carbonyl (C=O) groups is 1. The minimum absolute atomic E-state index is 0.0630. The van der Waals surface area contributed by atoms with E-state index in [1.165, 1.54) is 0 Å². The number of ketones is 1. The molecule has 0 aliphatic rings. The Balaban J connectivity index is 2.44. The van der Waals surface area contributed by atoms with Crippen LogP contribution in [0.15, 0.2) is 54.9 Å². The maximum Gasteiger partial charge on any atom is 0.160 e. The predicted octanol–water partition coefficient (Wildman–Crippen LogP) is 3.21. The highest BCUT2D eigenvalue weighted by molar-refractivity contribution is 6.24. The summed E-state index contributed by atoms with van der Waals surface area (Å²) in [5, 5.41) is 0. The highest BCUT2D eigenvalue weighted by atomic mass is 16.1. The van der Waals surface area contributed by atoms with E-state index in [-0.39, 0.29) is 5.78 Å². The molecule has 2 aromatic rings. The summed E-state index contributed by atoms with van der Waals surface area (Å²) in [6.07, 6.45) is 5.32. The molecular weight excluding hydrogens is 210 g/mol. The third kappa shape index (κ3) is 2.88. The first-order chi connectivity index (χ1) is 8.27. The van der Waals surface area contributed by atoms with Crippen molar-refractivity contribution >= 4 is 17.4 Å². The fourth-order valence-electron chi connectivity index (χ4n) is 1.63. The molecule has 0 atom stereocenters. The van der Waals surface area contributed by atoms with Crippen LogP contribution in [0.4, 0.5) is 0 Å². The number of hydrogen-bond donors (Lipinski definition) is 0. The largest absolute Gasteiger partial charge is 0.294 e. The minimum atomic E-state index is 0.0630. The zero-order valence-corrected chi connectivity index (χ0v) is 9.63. The normalized spacial score (nSPS) is 11.2. The summed E-state index contributed by atoms with van der Waals surface area (Å²) < 4.78 is 0. The molecule has 1 heterocycles. The van der Waals surface area contributed by atoms with Gasteiger partial charge < -0.3 is 0 Å². The van der Waals surface area contributed by atoms with Crippen molar-refractivity contribution in [3.8, 4) is 0 Å². The highest BCUT2D eigenvalue weighted by Gasteiger charge is 2.06. The lowest BCUT2D eigenvalue weighted by molar-refractivity contribution is -0.111. The molecule has 0 unspecified atom stereocenters. The van der Waals surface area contributed by atoms with Gasteiger partial charge in [0.2, 0.25) is 0 Å². The lowest BCUT2D eigenvalue weighted by atomic mass is 10.0. The first-order valence-corrected chi connectivity index (χ1v) is 5.45. The van der Waals surface area contributed by atoms with Gasteiger partial charge in [-0.15, -0.1) is 0 Å².